The van der Waals surface area contributed by atoms with E-state index < -0.39 is 0 Å². The van der Waals surface area contributed by atoms with Crippen molar-refractivity contribution in [3.05, 3.63) is 35.0 Å². The first-order valence-corrected chi connectivity index (χ1v) is 8.06. The molecule has 0 aromatic carbocycles. The van der Waals surface area contributed by atoms with Crippen molar-refractivity contribution in [2.45, 2.75) is 52.1 Å². The molecule has 3 rings (SSSR count). The van der Waals surface area contributed by atoms with Crippen molar-refractivity contribution in [1.82, 2.24) is 25.6 Å². The van der Waals surface area contributed by atoms with Gasteiger partial charge in [0.25, 0.3) is 0 Å². The summed E-state index contributed by atoms with van der Waals surface area (Å²) >= 11 is 0. The number of likely N-dealkylation sites (tertiary alicyclic amines) is 1. The lowest BCUT2D eigenvalue weighted by Gasteiger charge is -2.36. The Morgan fingerprint density at radius 3 is 2.96 bits per heavy atom. The normalized spacial score (nSPS) is 19.6. The lowest BCUT2D eigenvalue weighted by Crippen LogP contribution is -2.45. The number of nitrogens with zero attached hydrogens (tertiary/aromatic N) is 3. The number of nitrogens with one attached hydrogen (secondary N) is 2. The molecular formula is C16H23N5O2. The average molecular weight is 317 g/mol. The van der Waals surface area contributed by atoms with E-state index in [2.05, 4.69) is 20.7 Å². The highest BCUT2D eigenvalue weighted by Gasteiger charge is 2.30. The van der Waals surface area contributed by atoms with Crippen LogP contribution in [0.3, 0.4) is 0 Å². The second-order valence-electron chi connectivity index (χ2n) is 6.15. The molecule has 1 fully saturated rings. The van der Waals surface area contributed by atoms with Gasteiger partial charge < -0.3 is 14.7 Å². The molecule has 0 radical (unpaired) electrons. The Morgan fingerprint density at radius 1 is 1.48 bits per heavy atom. The van der Waals surface area contributed by atoms with Crippen molar-refractivity contribution in [3.8, 4) is 0 Å². The number of piperidine rings is 1. The van der Waals surface area contributed by atoms with E-state index in [-0.39, 0.29) is 18.1 Å². The minimum atomic E-state index is -0.138. The standard InChI is InChI=1S/C16H23N5O2/c1-10(15-11(2)20-23-12(15)3)19-16(22)21-7-5-4-6-14(21)13-8-17-18-9-13/h8-10,14H,4-7H2,1-3H3,(H,17,18)(H,19,22)/t10-,14-/m0/s1. The molecule has 0 spiro atoms. The molecule has 2 aromatic heterocycles. The maximum Gasteiger partial charge on any atom is 0.318 e. The summed E-state index contributed by atoms with van der Waals surface area (Å²) in [6.45, 7) is 6.48. The number of carbonyl (C=O) groups excluding carboxylic acids is 1. The van der Waals surface area contributed by atoms with E-state index in [1.807, 2.05) is 31.9 Å². The van der Waals surface area contributed by atoms with Crippen LogP contribution in [0.25, 0.3) is 0 Å². The minimum absolute atomic E-state index is 0.0524. The highest BCUT2D eigenvalue weighted by Crippen LogP contribution is 2.31. The first kappa shape index (κ1) is 15.6. The van der Waals surface area contributed by atoms with Gasteiger partial charge in [0.15, 0.2) is 0 Å². The summed E-state index contributed by atoms with van der Waals surface area (Å²) in [5.74, 6) is 0.750. The molecule has 0 unspecified atom stereocenters. The second-order valence-corrected chi connectivity index (χ2v) is 6.15. The Morgan fingerprint density at radius 2 is 2.30 bits per heavy atom. The molecule has 7 heteroatoms. The van der Waals surface area contributed by atoms with Crippen molar-refractivity contribution in [2.24, 2.45) is 0 Å². The third-order valence-electron chi connectivity index (χ3n) is 4.53. The third-order valence-corrected chi connectivity index (χ3v) is 4.53. The molecule has 0 aliphatic carbocycles. The smallest absolute Gasteiger partial charge is 0.318 e. The number of urea groups is 1. The third kappa shape index (κ3) is 3.09. The van der Waals surface area contributed by atoms with E-state index in [0.29, 0.717) is 0 Å². The summed E-state index contributed by atoms with van der Waals surface area (Å²) in [5, 5.41) is 13.9. The predicted molar refractivity (Wildman–Crippen MR) is 84.8 cm³/mol. The van der Waals surface area contributed by atoms with E-state index in [1.54, 1.807) is 6.20 Å². The number of carbonyl (C=O) groups is 1. The molecule has 23 heavy (non-hydrogen) atoms. The van der Waals surface area contributed by atoms with Crippen LogP contribution in [-0.4, -0.2) is 32.8 Å². The Balaban J connectivity index is 1.73. The largest absolute Gasteiger partial charge is 0.361 e. The van der Waals surface area contributed by atoms with E-state index in [0.717, 1.165) is 48.4 Å². The zero-order valence-electron chi connectivity index (χ0n) is 13.8. The van der Waals surface area contributed by atoms with Crippen LogP contribution >= 0.6 is 0 Å². The quantitative estimate of drug-likeness (QED) is 0.911. The van der Waals surface area contributed by atoms with E-state index in [9.17, 15) is 4.79 Å². The molecular weight excluding hydrogens is 294 g/mol. The number of hydrogen-bond donors (Lipinski definition) is 2. The lowest BCUT2D eigenvalue weighted by molar-refractivity contribution is 0.149. The van der Waals surface area contributed by atoms with Gasteiger partial charge in [-0.05, 0) is 40.0 Å². The zero-order chi connectivity index (χ0) is 16.4. The Kier molecular flexibility index (Phi) is 4.36. The van der Waals surface area contributed by atoms with Gasteiger partial charge in [0.05, 0.1) is 24.0 Å². The molecule has 1 saturated heterocycles. The maximum absolute atomic E-state index is 12.8. The van der Waals surface area contributed by atoms with Gasteiger partial charge in [-0.15, -0.1) is 0 Å². The Labute approximate surface area is 135 Å². The van der Waals surface area contributed by atoms with Gasteiger partial charge >= 0.3 is 6.03 Å². The molecule has 0 saturated carbocycles. The predicted octanol–water partition coefficient (Wildman–Crippen LogP) is 3.01. The van der Waals surface area contributed by atoms with Crippen LogP contribution in [0.15, 0.2) is 16.9 Å². The molecule has 124 valence electrons. The molecule has 2 atom stereocenters. The summed E-state index contributed by atoms with van der Waals surface area (Å²) < 4.78 is 5.20. The van der Waals surface area contributed by atoms with Gasteiger partial charge in [0.2, 0.25) is 0 Å². The van der Waals surface area contributed by atoms with Crippen molar-refractivity contribution in [3.63, 3.8) is 0 Å². The molecule has 1 aliphatic rings. The molecule has 2 N–H and O–H groups in total. The topological polar surface area (TPSA) is 87.1 Å². The van der Waals surface area contributed by atoms with Crippen molar-refractivity contribution in [2.75, 3.05) is 6.54 Å². The average Bonchev–Trinajstić information content (AvgIpc) is 3.17. The van der Waals surface area contributed by atoms with Crippen molar-refractivity contribution < 1.29 is 9.32 Å². The first-order valence-electron chi connectivity index (χ1n) is 8.06. The van der Waals surface area contributed by atoms with E-state index >= 15 is 0 Å². The lowest BCUT2D eigenvalue weighted by atomic mass is 9.98. The number of aryl methyl sites for hydroxylation is 2. The Hall–Kier alpha value is -2.31. The number of H-pyrrole nitrogens is 1. The summed E-state index contributed by atoms with van der Waals surface area (Å²) in [6, 6.07) is -0.108. The van der Waals surface area contributed by atoms with Crippen molar-refractivity contribution in [1.29, 1.82) is 0 Å². The molecule has 2 aromatic rings. The van der Waals surface area contributed by atoms with Crippen LogP contribution < -0.4 is 5.32 Å². The monoisotopic (exact) mass is 317 g/mol. The van der Waals surface area contributed by atoms with E-state index in [1.165, 1.54) is 0 Å². The molecule has 0 bridgehead atoms. The number of aromatic nitrogens is 3. The first-order chi connectivity index (χ1) is 11.1. The zero-order valence-corrected chi connectivity index (χ0v) is 13.8. The van der Waals surface area contributed by atoms with Crippen molar-refractivity contribution >= 4 is 6.03 Å². The summed E-state index contributed by atoms with van der Waals surface area (Å²) in [5.41, 5.74) is 2.83. The molecule has 7 nitrogen and oxygen atoms in total. The van der Waals surface area contributed by atoms with Gasteiger partial charge in [0, 0.05) is 23.9 Å². The molecule has 3 heterocycles. The van der Waals surface area contributed by atoms with Gasteiger partial charge in [0.1, 0.15) is 5.76 Å². The minimum Gasteiger partial charge on any atom is -0.361 e. The summed E-state index contributed by atoms with van der Waals surface area (Å²) in [6.07, 6.45) is 6.79. The van der Waals surface area contributed by atoms with Crippen LogP contribution in [0.2, 0.25) is 0 Å². The number of amides is 2. The van der Waals surface area contributed by atoms with Crippen LogP contribution in [0.1, 0.15) is 60.9 Å². The summed E-state index contributed by atoms with van der Waals surface area (Å²) in [7, 11) is 0. The van der Waals surface area contributed by atoms with Crippen LogP contribution in [0, 0.1) is 13.8 Å². The van der Waals surface area contributed by atoms with E-state index in [4.69, 9.17) is 4.52 Å². The Bertz CT molecular complexity index is 645. The number of aromatic amines is 1. The number of rotatable bonds is 3. The summed E-state index contributed by atoms with van der Waals surface area (Å²) in [4.78, 5) is 14.7. The molecule has 1 aliphatic heterocycles. The number of hydrogen-bond acceptors (Lipinski definition) is 4. The SMILES string of the molecule is Cc1noc(C)c1[C@H](C)NC(=O)N1CCCC[C@H]1c1cn[nH]c1. The fraction of sp³-hybridized carbons (Fsp3) is 0.562. The highest BCUT2D eigenvalue weighted by atomic mass is 16.5. The van der Waals surface area contributed by atoms with Crippen LogP contribution in [0.5, 0.6) is 0 Å². The fourth-order valence-electron chi connectivity index (χ4n) is 3.41. The van der Waals surface area contributed by atoms with Gasteiger partial charge in [-0.25, -0.2) is 4.79 Å². The molecule has 2 amide bonds. The second kappa shape index (κ2) is 6.44. The fourth-order valence-corrected chi connectivity index (χ4v) is 3.41. The van der Waals surface area contributed by atoms with Gasteiger partial charge in [-0.2, -0.15) is 5.10 Å². The highest BCUT2D eigenvalue weighted by molar-refractivity contribution is 5.75. The maximum atomic E-state index is 12.8. The van der Waals surface area contributed by atoms with Crippen LogP contribution in [-0.2, 0) is 0 Å². The van der Waals surface area contributed by atoms with Gasteiger partial charge in [-0.3, -0.25) is 5.10 Å². The van der Waals surface area contributed by atoms with Gasteiger partial charge in [-0.1, -0.05) is 5.16 Å². The van der Waals surface area contributed by atoms with Crippen LogP contribution in [0.4, 0.5) is 4.79 Å².